The first-order valence-corrected chi connectivity index (χ1v) is 6.96. The smallest absolute Gasteiger partial charge is 0.174 e. The number of nitrogens with two attached hydrogens (primary N) is 1. The quantitative estimate of drug-likeness (QED) is 0.235. The second kappa shape index (κ2) is 9.57. The number of hydrogen-bond donors (Lipinski definition) is 2. The molecular weight excluding hydrogens is 328 g/mol. The molecule has 0 aromatic heterocycles. The Morgan fingerprint density at radius 3 is 2.80 bits per heavy atom. The van der Waals surface area contributed by atoms with Crippen molar-refractivity contribution in [3.05, 3.63) is 28.2 Å². The van der Waals surface area contributed by atoms with Crippen LogP contribution in [0.5, 0.6) is 5.75 Å². The minimum Gasteiger partial charge on any atom is -0.490 e. The predicted octanol–water partition coefficient (Wildman–Crippen LogP) is 1.98. The first-order chi connectivity index (χ1) is 9.70. The molecule has 112 valence electrons. The van der Waals surface area contributed by atoms with Crippen LogP contribution in [-0.4, -0.2) is 44.6 Å². The molecule has 1 rings (SSSR count). The normalized spacial score (nSPS) is 11.6. The van der Waals surface area contributed by atoms with Crippen LogP contribution >= 0.6 is 15.9 Å². The van der Waals surface area contributed by atoms with Crippen molar-refractivity contribution in [2.24, 2.45) is 10.9 Å². The Labute approximate surface area is 126 Å². The lowest BCUT2D eigenvalue weighted by atomic mass is 10.2. The molecule has 0 fully saturated rings. The second-order valence-corrected chi connectivity index (χ2v) is 4.76. The minimum atomic E-state index is -0.00603. The van der Waals surface area contributed by atoms with Crippen molar-refractivity contribution in [1.82, 2.24) is 0 Å². The third kappa shape index (κ3) is 5.36. The SMILES string of the molecule is COCCCOCCOc1cccc(Br)c1/C(N)=N/O. The molecule has 0 unspecified atom stereocenters. The van der Waals surface area contributed by atoms with E-state index < -0.39 is 0 Å². The summed E-state index contributed by atoms with van der Waals surface area (Å²) in [4.78, 5) is 0. The maximum Gasteiger partial charge on any atom is 0.174 e. The summed E-state index contributed by atoms with van der Waals surface area (Å²) in [6.07, 6.45) is 0.850. The van der Waals surface area contributed by atoms with Gasteiger partial charge in [-0.25, -0.2) is 0 Å². The molecule has 0 radical (unpaired) electrons. The number of amidine groups is 1. The number of rotatable bonds is 9. The zero-order valence-corrected chi connectivity index (χ0v) is 12.9. The van der Waals surface area contributed by atoms with E-state index in [1.54, 1.807) is 19.2 Å². The molecule has 0 bridgehead atoms. The number of methoxy groups -OCH3 is 1. The number of nitrogens with zero attached hydrogens (tertiary/aromatic N) is 1. The summed E-state index contributed by atoms with van der Waals surface area (Å²) in [6.45, 7) is 2.16. The highest BCUT2D eigenvalue weighted by Gasteiger charge is 2.12. The maximum absolute atomic E-state index is 8.78. The van der Waals surface area contributed by atoms with Gasteiger partial charge in [0.2, 0.25) is 0 Å². The highest BCUT2D eigenvalue weighted by molar-refractivity contribution is 9.10. The fourth-order valence-electron chi connectivity index (χ4n) is 1.54. The summed E-state index contributed by atoms with van der Waals surface area (Å²) in [5, 5.41) is 11.8. The van der Waals surface area contributed by atoms with Crippen LogP contribution in [0.25, 0.3) is 0 Å². The molecule has 0 saturated carbocycles. The lowest BCUT2D eigenvalue weighted by molar-refractivity contribution is 0.0806. The Hall–Kier alpha value is -1.31. The minimum absolute atomic E-state index is 0.00603. The highest BCUT2D eigenvalue weighted by atomic mass is 79.9. The average molecular weight is 347 g/mol. The summed E-state index contributed by atoms with van der Waals surface area (Å²) < 4.78 is 16.6. The Bertz CT molecular complexity index is 440. The van der Waals surface area contributed by atoms with Crippen molar-refractivity contribution in [1.29, 1.82) is 0 Å². The van der Waals surface area contributed by atoms with E-state index >= 15 is 0 Å². The van der Waals surface area contributed by atoms with Crippen LogP contribution in [0, 0.1) is 0 Å². The van der Waals surface area contributed by atoms with Gasteiger partial charge in [-0.2, -0.15) is 0 Å². The topological polar surface area (TPSA) is 86.3 Å². The lowest BCUT2D eigenvalue weighted by Gasteiger charge is -2.12. The largest absolute Gasteiger partial charge is 0.490 e. The zero-order valence-electron chi connectivity index (χ0n) is 11.3. The predicted molar refractivity (Wildman–Crippen MR) is 79.5 cm³/mol. The standard InChI is InChI=1S/C13H19BrN2O4/c1-18-6-3-7-19-8-9-20-11-5-2-4-10(14)12(11)13(15)16-17/h2,4-5,17H,3,6-9H2,1H3,(H2,15,16). The Morgan fingerprint density at radius 1 is 1.30 bits per heavy atom. The number of halogens is 1. The lowest BCUT2D eigenvalue weighted by Crippen LogP contribution is -2.17. The molecule has 0 spiro atoms. The monoisotopic (exact) mass is 346 g/mol. The first-order valence-electron chi connectivity index (χ1n) is 6.16. The fourth-order valence-corrected chi connectivity index (χ4v) is 2.09. The van der Waals surface area contributed by atoms with E-state index in [0.717, 1.165) is 6.42 Å². The molecule has 0 amide bonds. The van der Waals surface area contributed by atoms with Crippen molar-refractivity contribution >= 4 is 21.8 Å². The third-order valence-electron chi connectivity index (χ3n) is 2.46. The van der Waals surface area contributed by atoms with Gasteiger partial charge in [0.25, 0.3) is 0 Å². The Morgan fingerprint density at radius 2 is 2.10 bits per heavy atom. The number of benzene rings is 1. The number of oxime groups is 1. The van der Waals surface area contributed by atoms with Gasteiger partial charge < -0.3 is 25.2 Å². The van der Waals surface area contributed by atoms with E-state index in [2.05, 4.69) is 21.1 Å². The van der Waals surface area contributed by atoms with Gasteiger partial charge in [-0.1, -0.05) is 11.2 Å². The summed E-state index contributed by atoms with van der Waals surface area (Å²) >= 11 is 3.34. The maximum atomic E-state index is 8.78. The highest BCUT2D eigenvalue weighted by Crippen LogP contribution is 2.26. The fraction of sp³-hybridized carbons (Fsp3) is 0.462. The van der Waals surface area contributed by atoms with Gasteiger partial charge in [-0.05, 0) is 34.5 Å². The van der Waals surface area contributed by atoms with E-state index in [1.165, 1.54) is 0 Å². The van der Waals surface area contributed by atoms with Gasteiger partial charge in [0, 0.05) is 24.8 Å². The zero-order chi connectivity index (χ0) is 14.8. The molecule has 20 heavy (non-hydrogen) atoms. The van der Waals surface area contributed by atoms with Crippen LogP contribution in [0.15, 0.2) is 27.8 Å². The molecule has 0 aliphatic rings. The van der Waals surface area contributed by atoms with Crippen LogP contribution in [0.2, 0.25) is 0 Å². The van der Waals surface area contributed by atoms with Gasteiger partial charge in [0.1, 0.15) is 12.4 Å². The van der Waals surface area contributed by atoms with E-state index in [0.29, 0.717) is 42.2 Å². The first kappa shape index (κ1) is 16.7. The second-order valence-electron chi connectivity index (χ2n) is 3.91. The van der Waals surface area contributed by atoms with Crippen molar-refractivity contribution in [3.63, 3.8) is 0 Å². The average Bonchev–Trinajstić information content (AvgIpc) is 2.45. The van der Waals surface area contributed by atoms with Gasteiger partial charge in [-0.3, -0.25) is 0 Å². The molecule has 6 nitrogen and oxygen atoms in total. The molecule has 7 heteroatoms. The van der Waals surface area contributed by atoms with Gasteiger partial charge >= 0.3 is 0 Å². The van der Waals surface area contributed by atoms with Crippen LogP contribution in [-0.2, 0) is 9.47 Å². The molecular formula is C13H19BrN2O4. The van der Waals surface area contributed by atoms with Crippen LogP contribution in [0.3, 0.4) is 0 Å². The molecule has 3 N–H and O–H groups in total. The van der Waals surface area contributed by atoms with Gasteiger partial charge in [0.05, 0.1) is 12.2 Å². The van der Waals surface area contributed by atoms with E-state index in [-0.39, 0.29) is 5.84 Å². The van der Waals surface area contributed by atoms with Crippen molar-refractivity contribution in [2.45, 2.75) is 6.42 Å². The molecule has 0 atom stereocenters. The molecule has 1 aromatic rings. The number of hydrogen-bond acceptors (Lipinski definition) is 5. The van der Waals surface area contributed by atoms with Crippen LogP contribution in [0.4, 0.5) is 0 Å². The number of ether oxygens (including phenoxy) is 3. The summed E-state index contributed by atoms with van der Waals surface area (Å²) in [7, 11) is 1.66. The van der Waals surface area contributed by atoms with Gasteiger partial charge in [-0.15, -0.1) is 0 Å². The van der Waals surface area contributed by atoms with Crippen molar-refractivity contribution < 1.29 is 19.4 Å². The van der Waals surface area contributed by atoms with E-state index in [4.69, 9.17) is 25.2 Å². The third-order valence-corrected chi connectivity index (χ3v) is 3.12. The van der Waals surface area contributed by atoms with Crippen molar-refractivity contribution in [2.75, 3.05) is 33.5 Å². The van der Waals surface area contributed by atoms with Crippen LogP contribution < -0.4 is 10.5 Å². The Balaban J connectivity index is 2.46. The summed E-state index contributed by atoms with van der Waals surface area (Å²) in [5.74, 6) is 0.531. The van der Waals surface area contributed by atoms with Crippen LogP contribution in [0.1, 0.15) is 12.0 Å². The molecule has 0 saturated heterocycles. The molecule has 1 aromatic carbocycles. The van der Waals surface area contributed by atoms with Gasteiger partial charge in [0.15, 0.2) is 5.84 Å². The van der Waals surface area contributed by atoms with E-state index in [1.807, 2.05) is 6.07 Å². The van der Waals surface area contributed by atoms with E-state index in [9.17, 15) is 0 Å². The molecule has 0 aliphatic carbocycles. The molecule has 0 heterocycles. The molecule has 0 aliphatic heterocycles. The Kier molecular flexibility index (Phi) is 8.01. The summed E-state index contributed by atoms with van der Waals surface area (Å²) in [5.41, 5.74) is 6.15. The summed E-state index contributed by atoms with van der Waals surface area (Å²) in [6, 6.07) is 5.36. The van der Waals surface area contributed by atoms with Crippen molar-refractivity contribution in [3.8, 4) is 5.75 Å².